The molecule has 37 heavy (non-hydrogen) atoms. The van der Waals surface area contributed by atoms with Crippen LogP contribution in [-0.2, 0) is 16.1 Å². The number of ether oxygens (including phenoxy) is 3. The lowest BCUT2D eigenvalue weighted by Gasteiger charge is -2.31. The van der Waals surface area contributed by atoms with Crippen LogP contribution in [0.2, 0.25) is 0 Å². The van der Waals surface area contributed by atoms with Crippen LogP contribution >= 0.6 is 0 Å². The second kappa shape index (κ2) is 11.5. The number of carbonyl (C=O) groups excluding carboxylic acids is 1. The van der Waals surface area contributed by atoms with Gasteiger partial charge in [-0.15, -0.1) is 0 Å². The number of fused-ring (bicyclic) bond motifs is 1. The highest BCUT2D eigenvalue weighted by atomic mass is 19.1. The molecule has 3 aromatic rings. The normalized spacial score (nSPS) is 12.9. The monoisotopic (exact) mass is 513 g/mol. The summed E-state index contributed by atoms with van der Waals surface area (Å²) in [6, 6.07) is 7.43. The second-order valence-electron chi connectivity index (χ2n) is 8.50. The Labute approximate surface area is 214 Å². The molecular formula is C26H29F2N5O4. The summed E-state index contributed by atoms with van der Waals surface area (Å²) in [6.07, 6.45) is 1.04. The molecule has 196 valence electrons. The standard InChI is InChI=1S/C26H29F2N5O4/c1-5-33-21-12-18(10-16(14-32(2)8-9-35-3)25(21)37-15-23(33)34)30-26-29-13-20(28)24(31-26)19-7-6-17(27)11-22(19)36-4/h6-7,10-13H,5,8-9,14-15H2,1-4H3,(H,29,30,31). The maximum Gasteiger partial charge on any atom is 0.265 e. The summed E-state index contributed by atoms with van der Waals surface area (Å²) in [7, 11) is 4.98. The number of aromatic nitrogens is 2. The zero-order valence-corrected chi connectivity index (χ0v) is 21.2. The molecule has 1 N–H and O–H groups in total. The van der Waals surface area contributed by atoms with Crippen molar-refractivity contribution in [3.05, 3.63) is 53.7 Å². The van der Waals surface area contributed by atoms with Gasteiger partial charge in [0.2, 0.25) is 5.95 Å². The van der Waals surface area contributed by atoms with E-state index in [4.69, 9.17) is 14.2 Å². The molecule has 0 spiro atoms. The van der Waals surface area contributed by atoms with Crippen LogP contribution in [-0.4, -0.2) is 68.3 Å². The van der Waals surface area contributed by atoms with Gasteiger partial charge in [-0.2, -0.15) is 0 Å². The van der Waals surface area contributed by atoms with E-state index in [-0.39, 0.29) is 35.5 Å². The maximum absolute atomic E-state index is 14.7. The van der Waals surface area contributed by atoms with Gasteiger partial charge in [0.15, 0.2) is 12.4 Å². The van der Waals surface area contributed by atoms with E-state index >= 15 is 0 Å². The Bertz CT molecular complexity index is 1290. The highest BCUT2D eigenvalue weighted by Crippen LogP contribution is 2.39. The van der Waals surface area contributed by atoms with Crippen LogP contribution in [0.4, 0.5) is 26.1 Å². The van der Waals surface area contributed by atoms with E-state index in [1.54, 1.807) is 18.1 Å². The summed E-state index contributed by atoms with van der Waals surface area (Å²) < 4.78 is 44.6. The fourth-order valence-corrected chi connectivity index (χ4v) is 4.14. The van der Waals surface area contributed by atoms with Gasteiger partial charge in [0.25, 0.3) is 5.91 Å². The van der Waals surface area contributed by atoms with Gasteiger partial charge in [-0.3, -0.25) is 9.69 Å². The Balaban J connectivity index is 1.72. The minimum atomic E-state index is -0.683. The number of anilines is 3. The van der Waals surface area contributed by atoms with Crippen molar-refractivity contribution in [3.8, 4) is 22.8 Å². The van der Waals surface area contributed by atoms with Crippen LogP contribution in [0.3, 0.4) is 0 Å². The minimum absolute atomic E-state index is 0.0354. The summed E-state index contributed by atoms with van der Waals surface area (Å²) in [4.78, 5) is 24.7. The van der Waals surface area contributed by atoms with E-state index < -0.39 is 11.6 Å². The molecule has 4 rings (SSSR count). The van der Waals surface area contributed by atoms with Gasteiger partial charge in [0.05, 0.1) is 25.6 Å². The molecule has 0 fully saturated rings. The number of halogens is 2. The molecule has 0 saturated carbocycles. The largest absolute Gasteiger partial charge is 0.496 e. The molecule has 9 nitrogen and oxygen atoms in total. The zero-order chi connectivity index (χ0) is 26.5. The van der Waals surface area contributed by atoms with Crippen LogP contribution in [0.15, 0.2) is 36.5 Å². The smallest absolute Gasteiger partial charge is 0.265 e. The van der Waals surface area contributed by atoms with Crippen molar-refractivity contribution < 1.29 is 27.8 Å². The number of rotatable bonds is 10. The molecule has 1 aliphatic heterocycles. The predicted molar refractivity (Wildman–Crippen MR) is 135 cm³/mol. The molecule has 0 saturated heterocycles. The summed E-state index contributed by atoms with van der Waals surface area (Å²) in [5.41, 5.74) is 2.32. The van der Waals surface area contributed by atoms with Crippen molar-refractivity contribution in [2.75, 3.05) is 57.8 Å². The van der Waals surface area contributed by atoms with Crippen molar-refractivity contribution >= 4 is 23.2 Å². The molecule has 0 bridgehead atoms. The fraction of sp³-hybridized carbons (Fsp3) is 0.346. The highest BCUT2D eigenvalue weighted by Gasteiger charge is 2.28. The number of amides is 1. The molecule has 1 aromatic heterocycles. The van der Waals surface area contributed by atoms with Gasteiger partial charge >= 0.3 is 0 Å². The number of hydrogen-bond donors (Lipinski definition) is 1. The second-order valence-corrected chi connectivity index (χ2v) is 8.50. The SMILES string of the molecule is CCN1C(=O)COc2c(CN(C)CCOC)cc(Nc3ncc(F)c(-c4ccc(F)cc4OC)n3)cc21. The van der Waals surface area contributed by atoms with Crippen molar-refractivity contribution in [2.24, 2.45) is 0 Å². The highest BCUT2D eigenvalue weighted by molar-refractivity contribution is 5.99. The summed E-state index contributed by atoms with van der Waals surface area (Å²) in [5.74, 6) is -0.441. The first-order chi connectivity index (χ1) is 17.8. The van der Waals surface area contributed by atoms with Gasteiger partial charge in [-0.25, -0.2) is 18.7 Å². The Kier molecular flexibility index (Phi) is 8.14. The Hall–Kier alpha value is -3.83. The molecule has 2 heterocycles. The van der Waals surface area contributed by atoms with Gasteiger partial charge in [0.1, 0.15) is 23.0 Å². The van der Waals surface area contributed by atoms with Crippen molar-refractivity contribution in [1.82, 2.24) is 14.9 Å². The third kappa shape index (κ3) is 5.78. The van der Waals surface area contributed by atoms with Gasteiger partial charge in [-0.1, -0.05) is 0 Å². The lowest BCUT2D eigenvalue weighted by atomic mass is 10.1. The molecule has 11 heteroatoms. The van der Waals surface area contributed by atoms with E-state index in [9.17, 15) is 13.6 Å². The van der Waals surface area contributed by atoms with Crippen LogP contribution in [0.25, 0.3) is 11.3 Å². The van der Waals surface area contributed by atoms with E-state index in [1.807, 2.05) is 20.0 Å². The fourth-order valence-electron chi connectivity index (χ4n) is 4.14. The quantitative estimate of drug-likeness (QED) is 0.435. The first-order valence-electron chi connectivity index (χ1n) is 11.8. The molecule has 1 amide bonds. The Morgan fingerprint density at radius 1 is 1.22 bits per heavy atom. The van der Waals surface area contributed by atoms with E-state index in [1.165, 1.54) is 19.2 Å². The molecule has 1 aliphatic rings. The molecular weight excluding hydrogens is 484 g/mol. The number of likely N-dealkylation sites (N-methyl/N-ethyl adjacent to an activating group) is 2. The third-order valence-electron chi connectivity index (χ3n) is 5.93. The Morgan fingerprint density at radius 3 is 2.76 bits per heavy atom. The Morgan fingerprint density at radius 2 is 2.03 bits per heavy atom. The lowest BCUT2D eigenvalue weighted by Crippen LogP contribution is -2.39. The number of nitrogens with zero attached hydrogens (tertiary/aromatic N) is 4. The molecule has 2 aromatic carbocycles. The van der Waals surface area contributed by atoms with Crippen molar-refractivity contribution in [2.45, 2.75) is 13.5 Å². The lowest BCUT2D eigenvalue weighted by molar-refractivity contribution is -0.121. The predicted octanol–water partition coefficient (Wildman–Crippen LogP) is 4.00. The summed E-state index contributed by atoms with van der Waals surface area (Å²) in [5, 5.41) is 3.12. The minimum Gasteiger partial charge on any atom is -0.496 e. The summed E-state index contributed by atoms with van der Waals surface area (Å²) >= 11 is 0. The van der Waals surface area contributed by atoms with Gasteiger partial charge < -0.3 is 24.4 Å². The van der Waals surface area contributed by atoms with Crippen LogP contribution in [0.5, 0.6) is 11.5 Å². The van der Waals surface area contributed by atoms with E-state index in [0.29, 0.717) is 43.4 Å². The first kappa shape index (κ1) is 26.2. The van der Waals surface area contributed by atoms with Crippen LogP contribution in [0, 0.1) is 11.6 Å². The molecule has 0 aliphatic carbocycles. The maximum atomic E-state index is 14.7. The average Bonchev–Trinajstić information content (AvgIpc) is 2.88. The topological polar surface area (TPSA) is 89.1 Å². The van der Waals surface area contributed by atoms with Gasteiger partial charge in [0, 0.05) is 49.6 Å². The van der Waals surface area contributed by atoms with Gasteiger partial charge in [-0.05, 0) is 38.2 Å². The zero-order valence-electron chi connectivity index (χ0n) is 21.2. The first-order valence-corrected chi connectivity index (χ1v) is 11.8. The van der Waals surface area contributed by atoms with Crippen molar-refractivity contribution in [3.63, 3.8) is 0 Å². The molecule has 0 unspecified atom stereocenters. The van der Waals surface area contributed by atoms with Crippen LogP contribution in [0.1, 0.15) is 12.5 Å². The molecule has 0 radical (unpaired) electrons. The number of methoxy groups -OCH3 is 2. The average molecular weight is 514 g/mol. The number of hydrogen-bond acceptors (Lipinski definition) is 8. The van der Waals surface area contributed by atoms with E-state index in [2.05, 4.69) is 20.2 Å². The summed E-state index contributed by atoms with van der Waals surface area (Å²) in [6.45, 7) is 4.13. The van der Waals surface area contributed by atoms with Crippen LogP contribution < -0.4 is 19.7 Å². The number of benzene rings is 2. The number of nitrogens with one attached hydrogen (secondary N) is 1. The van der Waals surface area contributed by atoms with E-state index in [0.717, 1.165) is 17.8 Å². The molecule has 0 atom stereocenters. The third-order valence-corrected chi connectivity index (χ3v) is 5.93. The number of carbonyl (C=O) groups is 1. The van der Waals surface area contributed by atoms with Crippen molar-refractivity contribution in [1.29, 1.82) is 0 Å².